The first-order chi connectivity index (χ1) is 12.0. The molecule has 1 saturated heterocycles. The van der Waals surface area contributed by atoms with Gasteiger partial charge >= 0.3 is 0 Å². The number of pyridine rings is 1. The molecule has 0 radical (unpaired) electrons. The highest BCUT2D eigenvalue weighted by molar-refractivity contribution is 6.46. The Hall–Kier alpha value is -1.73. The second kappa shape index (κ2) is 7.66. The van der Waals surface area contributed by atoms with Gasteiger partial charge in [-0.05, 0) is 18.2 Å². The molecular formula is C16H14Cl3N3O3. The van der Waals surface area contributed by atoms with E-state index in [0.29, 0.717) is 19.0 Å². The fourth-order valence-corrected chi connectivity index (χ4v) is 3.13. The number of aromatic hydroxyl groups is 1. The molecule has 25 heavy (non-hydrogen) atoms. The van der Waals surface area contributed by atoms with Crippen molar-refractivity contribution in [1.82, 2.24) is 4.98 Å². The molecule has 1 fully saturated rings. The van der Waals surface area contributed by atoms with E-state index in [1.807, 2.05) is 6.07 Å². The van der Waals surface area contributed by atoms with Gasteiger partial charge in [-0.15, -0.1) is 0 Å². The average molecular weight is 403 g/mol. The fraction of sp³-hybridized carbons (Fsp3) is 0.250. The molecule has 6 nitrogen and oxygen atoms in total. The third-order valence-electron chi connectivity index (χ3n) is 3.74. The van der Waals surface area contributed by atoms with Gasteiger partial charge in [0.05, 0.1) is 40.2 Å². The van der Waals surface area contributed by atoms with Crippen LogP contribution >= 0.6 is 34.8 Å². The summed E-state index contributed by atoms with van der Waals surface area (Å²) < 4.78 is 5.31. The van der Waals surface area contributed by atoms with Crippen LogP contribution in [-0.4, -0.2) is 42.3 Å². The molecule has 1 amide bonds. The van der Waals surface area contributed by atoms with E-state index in [1.54, 1.807) is 12.3 Å². The first-order valence-corrected chi connectivity index (χ1v) is 8.57. The Morgan fingerprint density at radius 2 is 1.92 bits per heavy atom. The summed E-state index contributed by atoms with van der Waals surface area (Å²) in [6, 6.07) is 4.78. The summed E-state index contributed by atoms with van der Waals surface area (Å²) in [6.45, 7) is 2.92. The fourth-order valence-electron chi connectivity index (χ4n) is 2.44. The minimum atomic E-state index is -0.654. The van der Waals surface area contributed by atoms with Crippen molar-refractivity contribution in [2.75, 3.05) is 36.5 Å². The van der Waals surface area contributed by atoms with Crippen molar-refractivity contribution >= 4 is 52.2 Å². The van der Waals surface area contributed by atoms with Crippen LogP contribution in [0.3, 0.4) is 0 Å². The number of ether oxygens (including phenoxy) is 1. The van der Waals surface area contributed by atoms with Crippen LogP contribution in [0.2, 0.25) is 15.1 Å². The molecule has 0 spiro atoms. The van der Waals surface area contributed by atoms with Crippen LogP contribution in [0.25, 0.3) is 0 Å². The molecule has 3 rings (SSSR count). The summed E-state index contributed by atoms with van der Waals surface area (Å²) in [5.41, 5.74) is 0.742. The summed E-state index contributed by atoms with van der Waals surface area (Å²) in [5, 5.41) is 12.5. The van der Waals surface area contributed by atoms with Crippen LogP contribution in [0.5, 0.6) is 5.75 Å². The van der Waals surface area contributed by atoms with Gasteiger partial charge in [0.15, 0.2) is 0 Å². The Bertz CT molecular complexity index is 767. The van der Waals surface area contributed by atoms with Crippen LogP contribution in [-0.2, 0) is 4.74 Å². The third kappa shape index (κ3) is 3.93. The van der Waals surface area contributed by atoms with Crippen molar-refractivity contribution in [3.05, 3.63) is 45.0 Å². The molecule has 0 atom stereocenters. The Kier molecular flexibility index (Phi) is 5.54. The molecule has 2 heterocycles. The van der Waals surface area contributed by atoms with Gasteiger partial charge in [0, 0.05) is 13.1 Å². The Balaban J connectivity index is 1.77. The molecule has 0 aliphatic carbocycles. The van der Waals surface area contributed by atoms with Crippen LogP contribution in [0, 0.1) is 0 Å². The number of phenolic OH excluding ortho intramolecular Hbond substituents is 1. The summed E-state index contributed by atoms with van der Waals surface area (Å²) in [6.07, 6.45) is 1.66. The summed E-state index contributed by atoms with van der Waals surface area (Å²) in [4.78, 5) is 18.8. The average Bonchev–Trinajstić information content (AvgIpc) is 2.62. The van der Waals surface area contributed by atoms with Crippen molar-refractivity contribution in [2.45, 2.75) is 0 Å². The molecule has 132 valence electrons. The number of benzene rings is 1. The number of morpholine rings is 1. The van der Waals surface area contributed by atoms with Crippen LogP contribution in [0.4, 0.5) is 11.5 Å². The number of rotatable bonds is 3. The normalized spacial score (nSPS) is 14.4. The molecule has 0 bridgehead atoms. The molecule has 0 saturated carbocycles. The van der Waals surface area contributed by atoms with Gasteiger partial charge in [-0.25, -0.2) is 4.98 Å². The minimum absolute atomic E-state index is 0.0600. The number of aromatic nitrogens is 1. The quantitative estimate of drug-likeness (QED) is 0.763. The number of anilines is 2. The molecule has 2 N–H and O–H groups in total. The van der Waals surface area contributed by atoms with Gasteiger partial charge in [0.1, 0.15) is 17.1 Å². The lowest BCUT2D eigenvalue weighted by Crippen LogP contribution is -2.36. The zero-order chi connectivity index (χ0) is 18.0. The number of hydrogen-bond donors (Lipinski definition) is 2. The molecule has 1 aliphatic rings. The first kappa shape index (κ1) is 18.1. The van der Waals surface area contributed by atoms with Gasteiger partial charge < -0.3 is 20.1 Å². The second-order valence-corrected chi connectivity index (χ2v) is 6.53. The van der Waals surface area contributed by atoms with Gasteiger partial charge in [0.2, 0.25) is 0 Å². The second-order valence-electron chi connectivity index (χ2n) is 5.33. The van der Waals surface area contributed by atoms with E-state index in [1.165, 1.54) is 6.07 Å². The number of nitrogens with zero attached hydrogens (tertiary/aromatic N) is 2. The van der Waals surface area contributed by atoms with E-state index in [9.17, 15) is 9.90 Å². The number of carbonyl (C=O) groups excluding carboxylic acids is 1. The van der Waals surface area contributed by atoms with Crippen molar-refractivity contribution in [3.8, 4) is 5.75 Å². The van der Waals surface area contributed by atoms with E-state index >= 15 is 0 Å². The maximum Gasteiger partial charge on any atom is 0.262 e. The smallest absolute Gasteiger partial charge is 0.262 e. The highest BCUT2D eigenvalue weighted by Gasteiger charge is 2.21. The van der Waals surface area contributed by atoms with Gasteiger partial charge in [-0.3, -0.25) is 4.79 Å². The lowest BCUT2D eigenvalue weighted by atomic mass is 10.2. The predicted molar refractivity (Wildman–Crippen MR) is 98.4 cm³/mol. The maximum absolute atomic E-state index is 12.4. The number of halogens is 3. The number of phenols is 1. The maximum atomic E-state index is 12.4. The highest BCUT2D eigenvalue weighted by atomic mass is 35.5. The molecule has 1 aliphatic heterocycles. The van der Waals surface area contributed by atoms with E-state index in [-0.39, 0.29) is 20.6 Å². The summed E-state index contributed by atoms with van der Waals surface area (Å²) in [5.74, 6) is -0.773. The zero-order valence-electron chi connectivity index (χ0n) is 12.9. The van der Waals surface area contributed by atoms with E-state index in [2.05, 4.69) is 15.2 Å². The van der Waals surface area contributed by atoms with Crippen LogP contribution in [0.1, 0.15) is 10.4 Å². The molecule has 1 aromatic heterocycles. The Morgan fingerprint density at radius 1 is 1.20 bits per heavy atom. The topological polar surface area (TPSA) is 74.7 Å². The predicted octanol–water partition coefficient (Wildman–Crippen LogP) is 3.84. The SMILES string of the molecule is O=C(Nc1ccc(N2CCOCC2)cn1)c1c(O)c(Cl)cc(Cl)c1Cl. The number of hydrogen-bond acceptors (Lipinski definition) is 5. The van der Waals surface area contributed by atoms with Crippen molar-refractivity contribution < 1.29 is 14.6 Å². The zero-order valence-corrected chi connectivity index (χ0v) is 15.2. The Labute approximate surface area is 159 Å². The molecule has 9 heteroatoms. The van der Waals surface area contributed by atoms with Gasteiger partial charge in [0.25, 0.3) is 5.91 Å². The lowest BCUT2D eigenvalue weighted by Gasteiger charge is -2.28. The van der Waals surface area contributed by atoms with E-state index < -0.39 is 11.7 Å². The first-order valence-electron chi connectivity index (χ1n) is 7.44. The largest absolute Gasteiger partial charge is 0.505 e. The summed E-state index contributed by atoms with van der Waals surface area (Å²) >= 11 is 17.8. The summed E-state index contributed by atoms with van der Waals surface area (Å²) in [7, 11) is 0. The van der Waals surface area contributed by atoms with Gasteiger partial charge in [-0.2, -0.15) is 0 Å². The van der Waals surface area contributed by atoms with E-state index in [4.69, 9.17) is 39.5 Å². The molecular weight excluding hydrogens is 389 g/mol. The lowest BCUT2D eigenvalue weighted by molar-refractivity contribution is 0.102. The van der Waals surface area contributed by atoms with Gasteiger partial charge in [-0.1, -0.05) is 34.8 Å². The third-order valence-corrected chi connectivity index (χ3v) is 4.81. The van der Waals surface area contributed by atoms with Crippen molar-refractivity contribution in [3.63, 3.8) is 0 Å². The number of carbonyl (C=O) groups is 1. The minimum Gasteiger partial charge on any atom is -0.505 e. The van der Waals surface area contributed by atoms with Crippen molar-refractivity contribution in [1.29, 1.82) is 0 Å². The van der Waals surface area contributed by atoms with E-state index in [0.717, 1.165) is 18.8 Å². The Morgan fingerprint density at radius 3 is 2.56 bits per heavy atom. The monoisotopic (exact) mass is 401 g/mol. The molecule has 1 aromatic carbocycles. The number of nitrogens with one attached hydrogen (secondary N) is 1. The molecule has 0 unspecified atom stereocenters. The molecule has 2 aromatic rings. The van der Waals surface area contributed by atoms with Crippen molar-refractivity contribution in [2.24, 2.45) is 0 Å². The van der Waals surface area contributed by atoms with Crippen LogP contribution in [0.15, 0.2) is 24.4 Å². The highest BCUT2D eigenvalue weighted by Crippen LogP contribution is 2.38. The number of amides is 1. The van der Waals surface area contributed by atoms with Crippen LogP contribution < -0.4 is 10.2 Å². The standard InChI is InChI=1S/C16H14Cl3N3O3/c17-10-7-11(18)15(23)13(14(10)19)16(24)21-12-2-1-9(8-20-12)22-3-5-25-6-4-22/h1-2,7-8,23H,3-6H2,(H,20,21,24).